The van der Waals surface area contributed by atoms with E-state index in [9.17, 15) is 0 Å². The normalized spacial score (nSPS) is 11.4. The molecule has 3 rings (SSSR count). The van der Waals surface area contributed by atoms with Gasteiger partial charge in [0.1, 0.15) is 0 Å². The second-order valence-electron chi connectivity index (χ2n) is 5.21. The van der Waals surface area contributed by atoms with Gasteiger partial charge < -0.3 is 4.90 Å². The van der Waals surface area contributed by atoms with Crippen LogP contribution in [0.2, 0.25) is 5.02 Å². The minimum Gasteiger partial charge on any atom is -0.302 e. The molecule has 0 N–H and O–H groups in total. The number of hydrogen-bond acceptors (Lipinski definition) is 3. The van der Waals surface area contributed by atoms with Crippen molar-refractivity contribution in [3.8, 4) is 0 Å². The standard InChI is InChI=1S/C17H17ClN2S/c1-20(9-7-15-4-2-3-8-19-15)11-13-12-21-17-6-5-14(18)10-16(13)17/h2-6,8,10,12H,7,9,11H2,1H3. The molecule has 2 heterocycles. The zero-order valence-corrected chi connectivity index (χ0v) is 13.5. The van der Waals surface area contributed by atoms with Crippen LogP contribution in [0.4, 0.5) is 0 Å². The molecule has 1 aromatic carbocycles. The van der Waals surface area contributed by atoms with E-state index in [2.05, 4.69) is 40.5 Å². The smallest absolute Gasteiger partial charge is 0.0416 e. The van der Waals surface area contributed by atoms with E-state index in [0.29, 0.717) is 0 Å². The first-order valence-electron chi connectivity index (χ1n) is 6.96. The lowest BCUT2D eigenvalue weighted by molar-refractivity contribution is 0.331. The molecule has 0 bridgehead atoms. The van der Waals surface area contributed by atoms with Crippen LogP contribution in [0.5, 0.6) is 0 Å². The number of hydrogen-bond donors (Lipinski definition) is 0. The van der Waals surface area contributed by atoms with Gasteiger partial charge >= 0.3 is 0 Å². The minimum atomic E-state index is 0.804. The predicted octanol–water partition coefficient (Wildman–Crippen LogP) is 4.62. The van der Waals surface area contributed by atoms with Crippen molar-refractivity contribution in [2.45, 2.75) is 13.0 Å². The van der Waals surface area contributed by atoms with Crippen LogP contribution in [0, 0.1) is 0 Å². The van der Waals surface area contributed by atoms with Crippen molar-refractivity contribution in [3.05, 3.63) is 64.3 Å². The van der Waals surface area contributed by atoms with Gasteiger partial charge in [-0.25, -0.2) is 0 Å². The fourth-order valence-corrected chi connectivity index (χ4v) is 3.50. The summed E-state index contributed by atoms with van der Waals surface area (Å²) in [6.07, 6.45) is 2.82. The maximum atomic E-state index is 6.11. The molecule has 2 nitrogen and oxygen atoms in total. The number of nitrogens with zero attached hydrogens (tertiary/aromatic N) is 2. The molecule has 0 aliphatic rings. The van der Waals surface area contributed by atoms with Crippen molar-refractivity contribution in [1.29, 1.82) is 0 Å². The highest BCUT2D eigenvalue weighted by molar-refractivity contribution is 7.17. The number of aromatic nitrogens is 1. The molecule has 0 unspecified atom stereocenters. The molecule has 0 radical (unpaired) electrons. The first kappa shape index (κ1) is 14.5. The van der Waals surface area contributed by atoms with Crippen molar-refractivity contribution in [2.24, 2.45) is 0 Å². The maximum absolute atomic E-state index is 6.11. The monoisotopic (exact) mass is 316 g/mol. The summed E-state index contributed by atoms with van der Waals surface area (Å²) in [5.41, 5.74) is 2.49. The average Bonchev–Trinajstić information content (AvgIpc) is 2.88. The number of pyridine rings is 1. The van der Waals surface area contributed by atoms with Crippen LogP contribution < -0.4 is 0 Å². The van der Waals surface area contributed by atoms with Crippen LogP contribution in [0.25, 0.3) is 10.1 Å². The van der Waals surface area contributed by atoms with Gasteiger partial charge in [0.05, 0.1) is 0 Å². The Morgan fingerprint density at radius 3 is 2.95 bits per heavy atom. The lowest BCUT2D eigenvalue weighted by Gasteiger charge is -2.16. The maximum Gasteiger partial charge on any atom is 0.0416 e. The Morgan fingerprint density at radius 1 is 1.24 bits per heavy atom. The van der Waals surface area contributed by atoms with E-state index in [1.807, 2.05) is 24.4 Å². The molecule has 0 saturated carbocycles. The highest BCUT2D eigenvalue weighted by Crippen LogP contribution is 2.29. The summed E-state index contributed by atoms with van der Waals surface area (Å²) in [4.78, 5) is 6.70. The van der Waals surface area contributed by atoms with Gasteiger partial charge in [-0.15, -0.1) is 11.3 Å². The van der Waals surface area contributed by atoms with Crippen LogP contribution in [0.15, 0.2) is 48.0 Å². The first-order valence-corrected chi connectivity index (χ1v) is 8.22. The highest BCUT2D eigenvalue weighted by Gasteiger charge is 2.08. The number of rotatable bonds is 5. The van der Waals surface area contributed by atoms with Crippen molar-refractivity contribution < 1.29 is 0 Å². The van der Waals surface area contributed by atoms with Crippen LogP contribution in [0.3, 0.4) is 0 Å². The third-order valence-electron chi connectivity index (χ3n) is 3.53. The number of thiophene rings is 1. The summed E-state index contributed by atoms with van der Waals surface area (Å²) in [6, 6.07) is 12.2. The van der Waals surface area contributed by atoms with Gasteiger partial charge in [-0.3, -0.25) is 4.98 Å². The van der Waals surface area contributed by atoms with Crippen LogP contribution in [0.1, 0.15) is 11.3 Å². The van der Waals surface area contributed by atoms with Gasteiger partial charge in [-0.1, -0.05) is 17.7 Å². The highest BCUT2D eigenvalue weighted by atomic mass is 35.5. The first-order chi connectivity index (χ1) is 10.2. The molecule has 108 valence electrons. The van der Waals surface area contributed by atoms with E-state index in [0.717, 1.165) is 30.2 Å². The molecule has 0 amide bonds. The number of likely N-dealkylation sites (N-methyl/N-ethyl adjacent to an activating group) is 1. The number of fused-ring (bicyclic) bond motifs is 1. The van der Waals surface area contributed by atoms with Crippen molar-refractivity contribution in [3.63, 3.8) is 0 Å². The molecule has 21 heavy (non-hydrogen) atoms. The molecule has 0 fully saturated rings. The van der Waals surface area contributed by atoms with Gasteiger partial charge in [0.25, 0.3) is 0 Å². The molecular formula is C17H17ClN2S. The Morgan fingerprint density at radius 2 is 2.14 bits per heavy atom. The molecular weight excluding hydrogens is 300 g/mol. The molecule has 0 atom stereocenters. The van der Waals surface area contributed by atoms with E-state index in [4.69, 9.17) is 11.6 Å². The van der Waals surface area contributed by atoms with Crippen molar-refractivity contribution in [2.75, 3.05) is 13.6 Å². The van der Waals surface area contributed by atoms with Gasteiger partial charge in [0.2, 0.25) is 0 Å². The van der Waals surface area contributed by atoms with Gasteiger partial charge in [0, 0.05) is 41.1 Å². The fraction of sp³-hybridized carbons (Fsp3) is 0.235. The fourth-order valence-electron chi connectivity index (χ4n) is 2.40. The summed E-state index contributed by atoms with van der Waals surface area (Å²) < 4.78 is 1.30. The Balaban J connectivity index is 1.66. The SMILES string of the molecule is CN(CCc1ccccn1)Cc1csc2ccc(Cl)cc12. The van der Waals surface area contributed by atoms with E-state index in [1.54, 1.807) is 11.3 Å². The molecule has 3 aromatic rings. The van der Waals surface area contributed by atoms with Gasteiger partial charge in [-0.05, 0) is 53.7 Å². The zero-order valence-electron chi connectivity index (χ0n) is 11.9. The van der Waals surface area contributed by atoms with Crippen LogP contribution >= 0.6 is 22.9 Å². The van der Waals surface area contributed by atoms with E-state index < -0.39 is 0 Å². The molecule has 2 aromatic heterocycles. The quantitative estimate of drug-likeness (QED) is 0.682. The van der Waals surface area contributed by atoms with E-state index >= 15 is 0 Å². The Hall–Kier alpha value is -1.42. The summed E-state index contributed by atoms with van der Waals surface area (Å²) in [5.74, 6) is 0. The zero-order chi connectivity index (χ0) is 14.7. The van der Waals surface area contributed by atoms with Gasteiger partial charge in [0.15, 0.2) is 0 Å². The average molecular weight is 317 g/mol. The molecule has 4 heteroatoms. The topological polar surface area (TPSA) is 16.1 Å². The summed E-state index contributed by atoms with van der Waals surface area (Å²) >= 11 is 7.89. The minimum absolute atomic E-state index is 0.804. The Labute approximate surface area is 134 Å². The van der Waals surface area contributed by atoms with E-state index in [1.165, 1.54) is 15.6 Å². The summed E-state index contributed by atoms with van der Waals surface area (Å²) in [5, 5.41) is 4.31. The lowest BCUT2D eigenvalue weighted by Crippen LogP contribution is -2.20. The summed E-state index contributed by atoms with van der Waals surface area (Å²) in [6.45, 7) is 1.93. The lowest BCUT2D eigenvalue weighted by atomic mass is 10.1. The Kier molecular flexibility index (Phi) is 4.54. The second kappa shape index (κ2) is 6.56. The molecule has 0 spiro atoms. The number of halogens is 1. The largest absolute Gasteiger partial charge is 0.302 e. The van der Waals surface area contributed by atoms with Crippen LogP contribution in [-0.4, -0.2) is 23.5 Å². The summed E-state index contributed by atoms with van der Waals surface area (Å²) in [7, 11) is 2.15. The number of benzene rings is 1. The van der Waals surface area contributed by atoms with Crippen molar-refractivity contribution >= 4 is 33.0 Å². The Bertz CT molecular complexity index is 724. The molecule has 0 aliphatic carbocycles. The predicted molar refractivity (Wildman–Crippen MR) is 91.1 cm³/mol. The second-order valence-corrected chi connectivity index (χ2v) is 6.56. The van der Waals surface area contributed by atoms with Gasteiger partial charge in [-0.2, -0.15) is 0 Å². The third kappa shape index (κ3) is 3.62. The molecule has 0 saturated heterocycles. The van der Waals surface area contributed by atoms with E-state index in [-0.39, 0.29) is 0 Å². The van der Waals surface area contributed by atoms with Crippen molar-refractivity contribution in [1.82, 2.24) is 9.88 Å². The molecule has 0 aliphatic heterocycles. The van der Waals surface area contributed by atoms with Crippen LogP contribution in [-0.2, 0) is 13.0 Å². The third-order valence-corrected chi connectivity index (χ3v) is 4.78.